The number of nitrogens with zero attached hydrogens (tertiary/aromatic N) is 2. The number of hydrogen-bond acceptors (Lipinski definition) is 5. The summed E-state index contributed by atoms with van der Waals surface area (Å²) in [6.45, 7) is 3.75. The molecule has 3 rings (SSSR count). The monoisotopic (exact) mass is 349 g/mol. The number of carbonyl (C=O) groups excluding carboxylic acids is 1. The molecule has 1 atom stereocenters. The molecule has 1 amide bonds. The van der Waals surface area contributed by atoms with E-state index in [-0.39, 0.29) is 5.03 Å². The van der Waals surface area contributed by atoms with Crippen molar-refractivity contribution in [3.63, 3.8) is 0 Å². The second-order valence-electron chi connectivity index (χ2n) is 6.42. The topological polar surface area (TPSA) is 90.3 Å². The largest absolute Gasteiger partial charge is 0.488 e. The Kier molecular flexibility index (Phi) is 3.87. The van der Waals surface area contributed by atoms with E-state index in [1.165, 1.54) is 24.0 Å². The second-order valence-corrected chi connectivity index (χ2v) is 8.05. The molecule has 0 saturated heterocycles. The van der Waals surface area contributed by atoms with Crippen molar-refractivity contribution in [3.05, 3.63) is 42.1 Å². The molecule has 0 radical (unpaired) electrons. The lowest BCUT2D eigenvalue weighted by atomic mass is 9.84. The van der Waals surface area contributed by atoms with Crippen molar-refractivity contribution < 1.29 is 17.9 Å². The fraction of sp³-hybridized carbons (Fsp3) is 0.375. The molecule has 2 heterocycles. The van der Waals surface area contributed by atoms with Gasteiger partial charge in [-0.15, -0.1) is 0 Å². The number of hydrogen-bond donors (Lipinski definition) is 1. The maximum atomic E-state index is 12.7. The first kappa shape index (κ1) is 16.5. The summed E-state index contributed by atoms with van der Waals surface area (Å²) in [6, 6.07) is 8.53. The summed E-state index contributed by atoms with van der Waals surface area (Å²) < 4.78 is 34.1. The van der Waals surface area contributed by atoms with Crippen molar-refractivity contribution in [2.45, 2.75) is 36.8 Å². The Morgan fingerprint density at radius 2 is 2.04 bits per heavy atom. The summed E-state index contributed by atoms with van der Waals surface area (Å²) >= 11 is 0. The molecule has 128 valence electrons. The molecule has 7 nitrogen and oxygen atoms in total. The van der Waals surface area contributed by atoms with Gasteiger partial charge in [0.05, 0.1) is 12.1 Å². The summed E-state index contributed by atoms with van der Waals surface area (Å²) in [7, 11) is -2.47. The van der Waals surface area contributed by atoms with E-state index in [1.54, 1.807) is 18.2 Å². The summed E-state index contributed by atoms with van der Waals surface area (Å²) in [5.41, 5.74) is 0.127. The Labute approximate surface area is 140 Å². The minimum atomic E-state index is -3.98. The van der Waals surface area contributed by atoms with Gasteiger partial charge in [-0.2, -0.15) is 13.5 Å². The van der Waals surface area contributed by atoms with Crippen molar-refractivity contribution >= 4 is 15.9 Å². The SMILES string of the molecule is Cn1nccc1S(=O)(=O)NC(=O)C1CC(C)(C)Oc2ccccc21. The first-order valence-electron chi connectivity index (χ1n) is 7.52. The third kappa shape index (κ3) is 3.01. The molecule has 0 aliphatic carbocycles. The number of benzene rings is 1. The lowest BCUT2D eigenvalue weighted by Crippen LogP contribution is -2.42. The molecular formula is C16H19N3O4S. The van der Waals surface area contributed by atoms with E-state index in [9.17, 15) is 13.2 Å². The van der Waals surface area contributed by atoms with Crippen molar-refractivity contribution in [3.8, 4) is 5.75 Å². The highest BCUT2D eigenvalue weighted by atomic mass is 32.2. The number of carbonyl (C=O) groups is 1. The van der Waals surface area contributed by atoms with E-state index in [1.807, 2.05) is 19.9 Å². The highest BCUT2D eigenvalue weighted by Gasteiger charge is 2.38. The Morgan fingerprint density at radius 3 is 2.71 bits per heavy atom. The molecule has 1 unspecified atom stereocenters. The van der Waals surface area contributed by atoms with Gasteiger partial charge in [-0.3, -0.25) is 9.48 Å². The van der Waals surface area contributed by atoms with Crippen molar-refractivity contribution in [2.24, 2.45) is 7.05 Å². The van der Waals surface area contributed by atoms with Crippen LogP contribution in [0.15, 0.2) is 41.6 Å². The quantitative estimate of drug-likeness (QED) is 0.908. The van der Waals surface area contributed by atoms with Gasteiger partial charge in [0, 0.05) is 19.0 Å². The zero-order valence-electron chi connectivity index (χ0n) is 13.7. The van der Waals surface area contributed by atoms with Gasteiger partial charge >= 0.3 is 0 Å². The van der Waals surface area contributed by atoms with Crippen LogP contribution in [0.25, 0.3) is 0 Å². The lowest BCUT2D eigenvalue weighted by Gasteiger charge is -2.36. The molecule has 0 saturated carbocycles. The van der Waals surface area contributed by atoms with Crippen LogP contribution in [0.4, 0.5) is 0 Å². The van der Waals surface area contributed by atoms with Crippen LogP contribution in [0.2, 0.25) is 0 Å². The highest BCUT2D eigenvalue weighted by Crippen LogP contribution is 2.40. The average Bonchev–Trinajstić information content (AvgIpc) is 2.92. The smallest absolute Gasteiger partial charge is 0.281 e. The number of aromatic nitrogens is 2. The number of amides is 1. The third-order valence-corrected chi connectivity index (χ3v) is 5.40. The van der Waals surface area contributed by atoms with E-state index in [0.717, 1.165) is 0 Å². The molecule has 1 N–H and O–H groups in total. The van der Waals surface area contributed by atoms with Crippen LogP contribution in [0.3, 0.4) is 0 Å². The number of ether oxygens (including phenoxy) is 1. The van der Waals surface area contributed by atoms with Gasteiger partial charge in [-0.1, -0.05) is 18.2 Å². The molecule has 8 heteroatoms. The lowest BCUT2D eigenvalue weighted by molar-refractivity contribution is -0.122. The number of nitrogens with one attached hydrogen (secondary N) is 1. The minimum absolute atomic E-state index is 0.0598. The predicted octanol–water partition coefficient (Wildman–Crippen LogP) is 1.57. The van der Waals surface area contributed by atoms with Crippen LogP contribution >= 0.6 is 0 Å². The van der Waals surface area contributed by atoms with E-state index in [0.29, 0.717) is 17.7 Å². The van der Waals surface area contributed by atoms with Gasteiger partial charge in [-0.25, -0.2) is 4.72 Å². The van der Waals surface area contributed by atoms with Crippen LogP contribution in [0.1, 0.15) is 31.7 Å². The van der Waals surface area contributed by atoms with E-state index < -0.39 is 27.4 Å². The number of rotatable bonds is 3. The maximum Gasteiger partial charge on any atom is 0.281 e. The van der Waals surface area contributed by atoms with Crippen molar-refractivity contribution in [2.75, 3.05) is 0 Å². The molecule has 2 aromatic rings. The van der Waals surface area contributed by atoms with Crippen LogP contribution in [-0.2, 0) is 21.9 Å². The molecule has 0 bridgehead atoms. The van der Waals surface area contributed by atoms with Crippen LogP contribution in [0, 0.1) is 0 Å². The number of aryl methyl sites for hydroxylation is 1. The van der Waals surface area contributed by atoms with Crippen LogP contribution in [0.5, 0.6) is 5.75 Å². The molecule has 0 fully saturated rings. The summed E-state index contributed by atoms with van der Waals surface area (Å²) in [4.78, 5) is 12.7. The Bertz CT molecular complexity index is 886. The zero-order chi connectivity index (χ0) is 17.5. The first-order valence-corrected chi connectivity index (χ1v) is 9.00. The predicted molar refractivity (Wildman–Crippen MR) is 87.0 cm³/mol. The normalized spacial score (nSPS) is 19.2. The average molecular weight is 349 g/mol. The molecule has 1 aromatic carbocycles. The second kappa shape index (κ2) is 5.62. The van der Waals surface area contributed by atoms with Crippen molar-refractivity contribution in [1.82, 2.24) is 14.5 Å². The summed E-state index contributed by atoms with van der Waals surface area (Å²) in [5, 5.41) is 3.77. The van der Waals surface area contributed by atoms with Crippen molar-refractivity contribution in [1.29, 1.82) is 0 Å². The van der Waals surface area contributed by atoms with Gasteiger partial charge in [0.15, 0.2) is 5.03 Å². The van der Waals surface area contributed by atoms with Gasteiger partial charge in [0.25, 0.3) is 10.0 Å². The first-order chi connectivity index (χ1) is 11.2. The number of fused-ring (bicyclic) bond motifs is 1. The standard InChI is InChI=1S/C16H19N3O4S/c1-16(2)10-12(11-6-4-5-7-13(11)23-16)15(20)18-24(21,22)14-8-9-17-19(14)3/h4-9,12H,10H2,1-3H3,(H,18,20). The Balaban J connectivity index is 1.92. The van der Waals surface area contributed by atoms with Gasteiger partial charge in [-0.05, 0) is 26.0 Å². The molecule has 1 aliphatic heterocycles. The summed E-state index contributed by atoms with van der Waals surface area (Å²) in [5.74, 6) is -0.570. The van der Waals surface area contributed by atoms with Gasteiger partial charge in [0.2, 0.25) is 5.91 Å². The van der Waals surface area contributed by atoms with Crippen LogP contribution in [-0.4, -0.2) is 29.7 Å². The molecule has 0 spiro atoms. The summed E-state index contributed by atoms with van der Waals surface area (Å²) in [6.07, 6.45) is 1.75. The maximum absolute atomic E-state index is 12.7. The Hall–Kier alpha value is -2.35. The van der Waals surface area contributed by atoms with Crippen LogP contribution < -0.4 is 9.46 Å². The fourth-order valence-electron chi connectivity index (χ4n) is 2.92. The van der Waals surface area contributed by atoms with Gasteiger partial charge < -0.3 is 4.74 Å². The highest BCUT2D eigenvalue weighted by molar-refractivity contribution is 7.90. The minimum Gasteiger partial charge on any atom is -0.488 e. The number of para-hydroxylation sites is 1. The van der Waals surface area contributed by atoms with E-state index in [4.69, 9.17) is 4.74 Å². The molecule has 1 aliphatic rings. The zero-order valence-corrected chi connectivity index (χ0v) is 14.5. The van der Waals surface area contributed by atoms with E-state index >= 15 is 0 Å². The van der Waals surface area contributed by atoms with E-state index in [2.05, 4.69) is 9.82 Å². The number of sulfonamides is 1. The third-order valence-electron chi connectivity index (χ3n) is 3.98. The fourth-order valence-corrected chi connectivity index (χ4v) is 4.06. The molecule has 24 heavy (non-hydrogen) atoms. The Morgan fingerprint density at radius 1 is 1.33 bits per heavy atom. The molecule has 1 aromatic heterocycles. The molecular weight excluding hydrogens is 330 g/mol. The van der Waals surface area contributed by atoms with Gasteiger partial charge in [0.1, 0.15) is 11.4 Å².